The molecule has 1 heterocycles. The van der Waals surface area contributed by atoms with Crippen LogP contribution in [-0.2, 0) is 4.79 Å². The number of piperidine rings is 1. The van der Waals surface area contributed by atoms with E-state index in [0.717, 1.165) is 31.5 Å². The summed E-state index contributed by atoms with van der Waals surface area (Å²) in [6.45, 7) is 3.99. The van der Waals surface area contributed by atoms with Crippen molar-refractivity contribution in [3.05, 3.63) is 28.8 Å². The molecule has 1 aliphatic heterocycles. The van der Waals surface area contributed by atoms with Gasteiger partial charge in [-0.05, 0) is 56.5 Å². The van der Waals surface area contributed by atoms with E-state index in [9.17, 15) is 4.79 Å². The van der Waals surface area contributed by atoms with E-state index in [2.05, 4.69) is 10.6 Å². The molecule has 1 aliphatic rings. The number of hydrogen-bond donors (Lipinski definition) is 2. The molecule has 3 nitrogen and oxygen atoms in total. The van der Waals surface area contributed by atoms with Crippen molar-refractivity contribution in [2.45, 2.75) is 26.2 Å². The summed E-state index contributed by atoms with van der Waals surface area (Å²) in [6, 6.07) is 5.65. The van der Waals surface area contributed by atoms with Crippen molar-refractivity contribution in [3.63, 3.8) is 0 Å². The third-order valence-corrected chi connectivity index (χ3v) is 3.60. The normalized spacial score (nSPS) is 19.6. The molecule has 2 N–H and O–H groups in total. The van der Waals surface area contributed by atoms with Crippen molar-refractivity contribution in [1.82, 2.24) is 5.32 Å². The first-order valence-corrected chi connectivity index (χ1v) is 6.79. The fourth-order valence-corrected chi connectivity index (χ4v) is 2.46. The molecule has 1 atom stereocenters. The fourth-order valence-electron chi connectivity index (χ4n) is 2.30. The summed E-state index contributed by atoms with van der Waals surface area (Å²) in [6.07, 6.45) is 2.85. The Balaban J connectivity index is 1.92. The van der Waals surface area contributed by atoms with Crippen LogP contribution in [0.25, 0.3) is 0 Å². The zero-order valence-electron chi connectivity index (χ0n) is 10.6. The molecule has 0 aliphatic carbocycles. The zero-order valence-corrected chi connectivity index (χ0v) is 11.4. The van der Waals surface area contributed by atoms with Gasteiger partial charge in [0.05, 0.1) is 10.7 Å². The van der Waals surface area contributed by atoms with Crippen LogP contribution in [0.1, 0.15) is 24.8 Å². The van der Waals surface area contributed by atoms with E-state index in [0.29, 0.717) is 23.0 Å². The molecule has 1 aromatic carbocycles. The van der Waals surface area contributed by atoms with Crippen LogP contribution in [0, 0.1) is 12.8 Å². The lowest BCUT2D eigenvalue weighted by Crippen LogP contribution is -2.32. The molecule has 1 fully saturated rings. The summed E-state index contributed by atoms with van der Waals surface area (Å²) >= 11 is 6.06. The molecule has 4 heteroatoms. The van der Waals surface area contributed by atoms with Crippen LogP contribution in [-0.4, -0.2) is 19.0 Å². The highest BCUT2D eigenvalue weighted by Crippen LogP contribution is 2.23. The Hall–Kier alpha value is -1.06. The first-order valence-electron chi connectivity index (χ1n) is 6.42. The van der Waals surface area contributed by atoms with Gasteiger partial charge in [-0.3, -0.25) is 4.79 Å². The summed E-state index contributed by atoms with van der Waals surface area (Å²) in [5, 5.41) is 6.81. The maximum absolute atomic E-state index is 11.9. The Morgan fingerprint density at radius 3 is 3.11 bits per heavy atom. The Kier molecular flexibility index (Phi) is 4.61. The average Bonchev–Trinajstić information content (AvgIpc) is 2.35. The molecule has 98 valence electrons. The lowest BCUT2D eigenvalue weighted by Gasteiger charge is -2.22. The molecule has 0 spiro atoms. The number of aryl methyl sites for hydroxylation is 1. The van der Waals surface area contributed by atoms with Crippen LogP contribution in [0.5, 0.6) is 0 Å². The first kappa shape index (κ1) is 13.4. The maximum Gasteiger partial charge on any atom is 0.224 e. The van der Waals surface area contributed by atoms with Gasteiger partial charge in [-0.1, -0.05) is 17.7 Å². The number of nitrogens with one attached hydrogen (secondary N) is 2. The smallest absolute Gasteiger partial charge is 0.224 e. The third-order valence-electron chi connectivity index (χ3n) is 3.27. The number of carbonyl (C=O) groups excluding carboxylic acids is 1. The molecular weight excluding hydrogens is 248 g/mol. The minimum absolute atomic E-state index is 0.0520. The van der Waals surface area contributed by atoms with E-state index in [-0.39, 0.29) is 5.91 Å². The second kappa shape index (κ2) is 6.21. The minimum atomic E-state index is 0.0520. The second-order valence-electron chi connectivity index (χ2n) is 4.95. The highest BCUT2D eigenvalue weighted by Gasteiger charge is 2.17. The van der Waals surface area contributed by atoms with Crippen LogP contribution < -0.4 is 10.6 Å². The molecule has 0 bridgehead atoms. The summed E-state index contributed by atoms with van der Waals surface area (Å²) < 4.78 is 0. The first-order chi connectivity index (χ1) is 8.65. The highest BCUT2D eigenvalue weighted by atomic mass is 35.5. The maximum atomic E-state index is 11.9. The van der Waals surface area contributed by atoms with Crippen molar-refractivity contribution in [3.8, 4) is 0 Å². The summed E-state index contributed by atoms with van der Waals surface area (Å²) in [7, 11) is 0. The van der Waals surface area contributed by atoms with Crippen molar-refractivity contribution in [2.24, 2.45) is 5.92 Å². The Morgan fingerprint density at radius 1 is 1.56 bits per heavy atom. The molecular formula is C14H19ClN2O. The largest absolute Gasteiger partial charge is 0.325 e. The van der Waals surface area contributed by atoms with Crippen molar-refractivity contribution >= 4 is 23.2 Å². The molecule has 1 amide bonds. The van der Waals surface area contributed by atoms with Gasteiger partial charge in [0.25, 0.3) is 0 Å². The minimum Gasteiger partial charge on any atom is -0.325 e. The monoisotopic (exact) mass is 266 g/mol. The number of anilines is 1. The Bertz CT molecular complexity index is 428. The Morgan fingerprint density at radius 2 is 2.39 bits per heavy atom. The van der Waals surface area contributed by atoms with Crippen molar-refractivity contribution in [2.75, 3.05) is 18.4 Å². The number of hydrogen-bond acceptors (Lipinski definition) is 2. The van der Waals surface area contributed by atoms with Gasteiger partial charge in [0.2, 0.25) is 5.91 Å². The summed E-state index contributed by atoms with van der Waals surface area (Å²) in [5.41, 5.74) is 1.81. The number of rotatable bonds is 3. The lowest BCUT2D eigenvalue weighted by molar-refractivity contribution is -0.117. The van der Waals surface area contributed by atoms with E-state index in [1.165, 1.54) is 0 Å². The van der Waals surface area contributed by atoms with Gasteiger partial charge < -0.3 is 10.6 Å². The standard InChI is InChI=1S/C14H19ClN2O/c1-10-4-5-12(15)13(7-10)17-14(18)8-11-3-2-6-16-9-11/h4-5,7,11,16H,2-3,6,8-9H2,1H3,(H,17,18). The molecule has 0 aromatic heterocycles. The number of halogens is 1. The third kappa shape index (κ3) is 3.72. The highest BCUT2D eigenvalue weighted by molar-refractivity contribution is 6.33. The van der Waals surface area contributed by atoms with Crippen molar-refractivity contribution < 1.29 is 4.79 Å². The van der Waals surface area contributed by atoms with E-state index in [4.69, 9.17) is 11.6 Å². The van der Waals surface area contributed by atoms with E-state index < -0.39 is 0 Å². The molecule has 2 rings (SSSR count). The van der Waals surface area contributed by atoms with Crippen LogP contribution in [0.3, 0.4) is 0 Å². The topological polar surface area (TPSA) is 41.1 Å². The molecule has 1 aromatic rings. The van der Waals surface area contributed by atoms with Gasteiger partial charge in [0.15, 0.2) is 0 Å². The number of amides is 1. The van der Waals surface area contributed by atoms with Gasteiger partial charge >= 0.3 is 0 Å². The zero-order chi connectivity index (χ0) is 13.0. The number of benzene rings is 1. The van der Waals surface area contributed by atoms with E-state index in [1.807, 2.05) is 25.1 Å². The molecule has 0 radical (unpaired) electrons. The number of carbonyl (C=O) groups is 1. The fraction of sp³-hybridized carbons (Fsp3) is 0.500. The second-order valence-corrected chi connectivity index (χ2v) is 5.36. The summed E-state index contributed by atoms with van der Waals surface area (Å²) in [5.74, 6) is 0.499. The molecule has 18 heavy (non-hydrogen) atoms. The predicted octanol–water partition coefficient (Wildman–Crippen LogP) is 2.98. The van der Waals surface area contributed by atoms with Crippen molar-refractivity contribution in [1.29, 1.82) is 0 Å². The van der Waals surface area contributed by atoms with E-state index in [1.54, 1.807) is 0 Å². The van der Waals surface area contributed by atoms with Crippen LogP contribution in [0.15, 0.2) is 18.2 Å². The molecule has 1 saturated heterocycles. The molecule has 1 unspecified atom stereocenters. The van der Waals surface area contributed by atoms with Crippen LogP contribution in [0.4, 0.5) is 5.69 Å². The predicted molar refractivity (Wildman–Crippen MR) is 75.0 cm³/mol. The van der Waals surface area contributed by atoms with Gasteiger partial charge in [0, 0.05) is 6.42 Å². The Labute approximate surface area is 113 Å². The SMILES string of the molecule is Cc1ccc(Cl)c(NC(=O)CC2CCCNC2)c1. The van der Waals surface area contributed by atoms with Gasteiger partial charge in [-0.15, -0.1) is 0 Å². The summed E-state index contributed by atoms with van der Waals surface area (Å²) in [4.78, 5) is 11.9. The van der Waals surface area contributed by atoms with Gasteiger partial charge in [0.1, 0.15) is 0 Å². The average molecular weight is 267 g/mol. The lowest BCUT2D eigenvalue weighted by atomic mass is 9.96. The van der Waals surface area contributed by atoms with Gasteiger partial charge in [-0.25, -0.2) is 0 Å². The van der Waals surface area contributed by atoms with Crippen LogP contribution >= 0.6 is 11.6 Å². The van der Waals surface area contributed by atoms with Gasteiger partial charge in [-0.2, -0.15) is 0 Å². The quantitative estimate of drug-likeness (QED) is 0.883. The molecule has 0 saturated carbocycles. The van der Waals surface area contributed by atoms with E-state index >= 15 is 0 Å². The van der Waals surface area contributed by atoms with Crippen LogP contribution in [0.2, 0.25) is 5.02 Å².